The molecule has 17 nitrogen and oxygen atoms in total. The summed E-state index contributed by atoms with van der Waals surface area (Å²) in [7, 11) is 0. The van der Waals surface area contributed by atoms with Gasteiger partial charge in [0.05, 0.1) is 72.7 Å². The van der Waals surface area contributed by atoms with Crippen molar-refractivity contribution in [3.05, 3.63) is 0 Å². The fourth-order valence-electron chi connectivity index (χ4n) is 3.46. The van der Waals surface area contributed by atoms with Gasteiger partial charge in [0.1, 0.15) is 18.0 Å². The van der Waals surface area contributed by atoms with Crippen molar-refractivity contribution in [3.8, 4) is 0 Å². The second-order valence-electron chi connectivity index (χ2n) is 10.8. The molecule has 1 atom stereocenters. The van der Waals surface area contributed by atoms with Gasteiger partial charge in [-0.2, -0.15) is 5.48 Å². The van der Waals surface area contributed by atoms with E-state index in [1.807, 2.05) is 0 Å². The lowest BCUT2D eigenvalue weighted by Crippen LogP contribution is -2.42. The second-order valence-corrected chi connectivity index (χ2v) is 10.8. The Morgan fingerprint density at radius 1 is 0.652 bits per heavy atom. The fourth-order valence-corrected chi connectivity index (χ4v) is 3.46. The van der Waals surface area contributed by atoms with E-state index in [4.69, 9.17) is 49.5 Å². The molecule has 0 fully saturated rings. The Labute approximate surface area is 272 Å². The lowest BCUT2D eigenvalue weighted by molar-refractivity contribution is -0.128. The smallest absolute Gasteiger partial charge is 0.431 e. The summed E-state index contributed by atoms with van der Waals surface area (Å²) in [4.78, 5) is 54.0. The van der Waals surface area contributed by atoms with Crippen molar-refractivity contribution in [1.29, 1.82) is 0 Å². The third kappa shape index (κ3) is 31.5. The average Bonchev–Trinajstić information content (AvgIpc) is 2.98. The average molecular weight is 668 g/mol. The molecule has 0 spiro atoms. The summed E-state index contributed by atoms with van der Waals surface area (Å²) in [6, 6.07) is -0.717. The second kappa shape index (κ2) is 29.9. The number of ketones is 1. The summed E-state index contributed by atoms with van der Waals surface area (Å²) in [5.74, 6) is -0.920. The highest BCUT2D eigenvalue weighted by Gasteiger charge is 2.20. The number of hydroxylamine groups is 1. The lowest BCUT2D eigenvalue weighted by Gasteiger charge is -2.19. The first-order valence-electron chi connectivity index (χ1n) is 15.6. The Morgan fingerprint density at radius 3 is 1.80 bits per heavy atom. The van der Waals surface area contributed by atoms with Crippen LogP contribution in [0.2, 0.25) is 0 Å². The zero-order chi connectivity index (χ0) is 34.3. The first-order valence-corrected chi connectivity index (χ1v) is 15.6. The number of ether oxygens (including phenoxy) is 7. The molecule has 0 aliphatic carbocycles. The van der Waals surface area contributed by atoms with Crippen molar-refractivity contribution >= 4 is 23.7 Å². The Kier molecular flexibility index (Phi) is 28.3. The van der Waals surface area contributed by atoms with Crippen LogP contribution < -0.4 is 27.6 Å². The first kappa shape index (κ1) is 43.5. The van der Waals surface area contributed by atoms with Gasteiger partial charge in [0.25, 0.3) is 0 Å². The SMILES string of the molecule is CC(C)(C)OC(=O)NOCCOCCOCC(=O)NC(CC(=O)CCCOCCOCCN)CC(=O)NCCOCCOCCN. The summed E-state index contributed by atoms with van der Waals surface area (Å²) in [5.41, 5.74) is 12.2. The van der Waals surface area contributed by atoms with E-state index < -0.39 is 23.6 Å². The molecule has 46 heavy (non-hydrogen) atoms. The number of hydrogen-bond donors (Lipinski definition) is 5. The van der Waals surface area contributed by atoms with E-state index >= 15 is 0 Å². The van der Waals surface area contributed by atoms with Crippen molar-refractivity contribution < 1.29 is 57.2 Å². The number of carbonyl (C=O) groups excluding carboxylic acids is 4. The van der Waals surface area contributed by atoms with Gasteiger partial charge < -0.3 is 55.3 Å². The number of carbonyl (C=O) groups is 4. The molecule has 0 bridgehead atoms. The van der Waals surface area contributed by atoms with Crippen molar-refractivity contribution in [2.24, 2.45) is 11.5 Å². The molecule has 0 aliphatic rings. The Balaban J connectivity index is 4.39. The molecule has 0 aromatic carbocycles. The molecule has 0 rings (SSSR count). The van der Waals surface area contributed by atoms with Gasteiger partial charge in [-0.05, 0) is 27.2 Å². The molecule has 0 heterocycles. The maximum Gasteiger partial charge on any atom is 0.431 e. The minimum atomic E-state index is -0.717. The molecule has 7 N–H and O–H groups in total. The number of hydrogen-bond acceptors (Lipinski definition) is 14. The fraction of sp³-hybridized carbons (Fsp3) is 0.862. The molecule has 0 aliphatic heterocycles. The molecule has 17 heteroatoms. The Morgan fingerprint density at radius 2 is 1.20 bits per heavy atom. The summed E-state index contributed by atoms with van der Waals surface area (Å²) in [6.07, 6.45) is -0.0773. The van der Waals surface area contributed by atoms with Gasteiger partial charge in [0.2, 0.25) is 11.8 Å². The van der Waals surface area contributed by atoms with E-state index in [2.05, 4.69) is 16.1 Å². The zero-order valence-corrected chi connectivity index (χ0v) is 27.8. The molecular weight excluding hydrogens is 610 g/mol. The Hall–Kier alpha value is -2.48. The van der Waals surface area contributed by atoms with Gasteiger partial charge in [-0.1, -0.05) is 0 Å². The summed E-state index contributed by atoms with van der Waals surface area (Å²) in [6.45, 7) is 9.80. The summed E-state index contributed by atoms with van der Waals surface area (Å²) >= 11 is 0. The maximum absolute atomic E-state index is 12.6. The van der Waals surface area contributed by atoms with Crippen LogP contribution in [0, 0.1) is 0 Å². The standard InChI is InChI=1S/C29H57N5O12/c1-29(2,3)46-28(38)34-45-20-19-43-17-18-44-23-27(37)33-24(21-25(35)5-4-9-39-13-14-40-10-6-30)22-26(36)32-8-12-42-16-15-41-11-7-31/h24H,4-23,30-31H2,1-3H3,(H,32,36)(H,33,37)(H,34,38). The Bertz CT molecular complexity index is 767. The normalized spacial score (nSPS) is 12.0. The number of Topliss-reactive ketones (excluding diaryl/α,β-unsaturated/α-hetero) is 1. The van der Waals surface area contributed by atoms with E-state index in [1.54, 1.807) is 20.8 Å². The van der Waals surface area contributed by atoms with Gasteiger partial charge in [-0.15, -0.1) is 0 Å². The summed E-state index contributed by atoms with van der Waals surface area (Å²) in [5, 5.41) is 5.43. The maximum atomic E-state index is 12.6. The van der Waals surface area contributed by atoms with Gasteiger partial charge >= 0.3 is 6.09 Å². The zero-order valence-electron chi connectivity index (χ0n) is 27.8. The summed E-state index contributed by atoms with van der Waals surface area (Å²) < 4.78 is 37.0. The van der Waals surface area contributed by atoms with Crippen LogP contribution >= 0.6 is 0 Å². The van der Waals surface area contributed by atoms with Crippen LogP contribution in [0.5, 0.6) is 0 Å². The molecule has 0 saturated heterocycles. The lowest BCUT2D eigenvalue weighted by atomic mass is 10.0. The van der Waals surface area contributed by atoms with Crippen molar-refractivity contribution in [3.63, 3.8) is 0 Å². The molecule has 1 unspecified atom stereocenters. The van der Waals surface area contributed by atoms with Crippen LogP contribution in [-0.2, 0) is 52.4 Å². The van der Waals surface area contributed by atoms with Gasteiger partial charge in [0, 0.05) is 51.5 Å². The van der Waals surface area contributed by atoms with Crippen LogP contribution in [0.15, 0.2) is 0 Å². The topological polar surface area (TPSA) is 230 Å². The van der Waals surface area contributed by atoms with Crippen molar-refractivity contribution in [2.75, 3.05) is 106 Å². The van der Waals surface area contributed by atoms with Gasteiger partial charge in [-0.3, -0.25) is 19.2 Å². The number of amides is 3. The highest BCUT2D eigenvalue weighted by atomic mass is 16.7. The molecule has 0 aromatic heterocycles. The monoisotopic (exact) mass is 667 g/mol. The van der Waals surface area contributed by atoms with E-state index in [0.29, 0.717) is 65.8 Å². The molecule has 3 amide bonds. The van der Waals surface area contributed by atoms with Gasteiger partial charge in [0.15, 0.2) is 0 Å². The molecule has 270 valence electrons. The third-order valence-electron chi connectivity index (χ3n) is 5.34. The minimum Gasteiger partial charge on any atom is -0.442 e. The van der Waals surface area contributed by atoms with E-state index in [1.165, 1.54) is 0 Å². The largest absolute Gasteiger partial charge is 0.442 e. The predicted molar refractivity (Wildman–Crippen MR) is 167 cm³/mol. The van der Waals surface area contributed by atoms with E-state index in [0.717, 1.165) is 0 Å². The number of rotatable bonds is 31. The molecular formula is C29H57N5O12. The number of nitrogens with one attached hydrogen (secondary N) is 3. The predicted octanol–water partition coefficient (Wildman–Crippen LogP) is -0.810. The molecule has 0 aromatic rings. The van der Waals surface area contributed by atoms with Crippen LogP contribution in [0.1, 0.15) is 46.5 Å². The third-order valence-corrected chi connectivity index (χ3v) is 5.34. The highest BCUT2D eigenvalue weighted by molar-refractivity contribution is 5.84. The molecule has 0 radical (unpaired) electrons. The quantitative estimate of drug-likeness (QED) is 0.0450. The van der Waals surface area contributed by atoms with E-state index in [9.17, 15) is 19.2 Å². The van der Waals surface area contributed by atoms with Crippen LogP contribution in [0.3, 0.4) is 0 Å². The number of nitrogens with two attached hydrogens (primary N) is 2. The van der Waals surface area contributed by atoms with Crippen LogP contribution in [0.4, 0.5) is 4.79 Å². The van der Waals surface area contributed by atoms with E-state index in [-0.39, 0.29) is 77.1 Å². The van der Waals surface area contributed by atoms with Crippen molar-refractivity contribution in [2.45, 2.75) is 58.1 Å². The first-order chi connectivity index (χ1) is 22.1. The van der Waals surface area contributed by atoms with Crippen LogP contribution in [-0.4, -0.2) is 141 Å². The molecule has 0 saturated carbocycles. The minimum absolute atomic E-state index is 0.0196. The van der Waals surface area contributed by atoms with Gasteiger partial charge in [-0.25, -0.2) is 4.79 Å². The van der Waals surface area contributed by atoms with Crippen molar-refractivity contribution in [1.82, 2.24) is 16.1 Å². The highest BCUT2D eigenvalue weighted by Crippen LogP contribution is 2.06. The van der Waals surface area contributed by atoms with Crippen LogP contribution in [0.25, 0.3) is 0 Å².